The van der Waals surface area contributed by atoms with Gasteiger partial charge in [-0.1, -0.05) is 22.0 Å². The van der Waals surface area contributed by atoms with E-state index in [0.717, 1.165) is 15.7 Å². The molecule has 0 saturated heterocycles. The number of rotatable bonds is 2. The van der Waals surface area contributed by atoms with Crippen LogP contribution >= 0.6 is 15.9 Å². The van der Waals surface area contributed by atoms with Crippen molar-refractivity contribution in [3.63, 3.8) is 0 Å². The lowest BCUT2D eigenvalue weighted by molar-refractivity contribution is 0.102. The molecule has 0 aliphatic rings. The van der Waals surface area contributed by atoms with E-state index >= 15 is 0 Å². The molecule has 0 atom stereocenters. The number of hydrogen-bond donors (Lipinski definition) is 3. The molecule has 4 N–H and O–H groups in total. The molecule has 0 aliphatic heterocycles. The standard InChI is InChI=1S/C12H12BrN3O/c1-7-2-3-8(13)4-10(7)16-12(17)11-5-9(14)6-15-11/h2-6,15H,14H2,1H3,(H,16,17). The number of anilines is 2. The van der Waals surface area contributed by atoms with Crippen molar-refractivity contribution >= 4 is 33.2 Å². The maximum absolute atomic E-state index is 11.9. The molecule has 1 aromatic heterocycles. The molecule has 0 aliphatic carbocycles. The molecule has 88 valence electrons. The van der Waals surface area contributed by atoms with Crippen LogP contribution in [-0.2, 0) is 0 Å². The first-order valence-electron chi connectivity index (χ1n) is 5.07. The molecule has 0 radical (unpaired) electrons. The zero-order valence-corrected chi connectivity index (χ0v) is 10.8. The highest BCUT2D eigenvalue weighted by Gasteiger charge is 2.09. The summed E-state index contributed by atoms with van der Waals surface area (Å²) in [4.78, 5) is 14.7. The maximum atomic E-state index is 11.9. The third-order valence-electron chi connectivity index (χ3n) is 2.40. The Bertz CT molecular complexity index is 563. The van der Waals surface area contributed by atoms with Crippen molar-refractivity contribution in [2.24, 2.45) is 0 Å². The second kappa shape index (κ2) is 4.63. The zero-order valence-electron chi connectivity index (χ0n) is 9.25. The first-order valence-corrected chi connectivity index (χ1v) is 5.87. The van der Waals surface area contributed by atoms with Gasteiger partial charge in [0.15, 0.2) is 0 Å². The average Bonchev–Trinajstić information content (AvgIpc) is 2.70. The number of hydrogen-bond acceptors (Lipinski definition) is 2. The molecule has 2 rings (SSSR count). The van der Waals surface area contributed by atoms with Crippen LogP contribution in [0.25, 0.3) is 0 Å². The Morgan fingerprint density at radius 1 is 1.41 bits per heavy atom. The molecule has 1 aromatic carbocycles. The quantitative estimate of drug-likeness (QED) is 0.797. The van der Waals surface area contributed by atoms with Crippen LogP contribution in [0.15, 0.2) is 34.9 Å². The number of aromatic amines is 1. The van der Waals surface area contributed by atoms with Gasteiger partial charge in [0.05, 0.1) is 0 Å². The normalized spacial score (nSPS) is 10.2. The van der Waals surface area contributed by atoms with Gasteiger partial charge in [-0.15, -0.1) is 0 Å². The molecule has 17 heavy (non-hydrogen) atoms. The van der Waals surface area contributed by atoms with Gasteiger partial charge in [-0.25, -0.2) is 0 Å². The van der Waals surface area contributed by atoms with Crippen LogP contribution in [0.4, 0.5) is 11.4 Å². The Balaban J connectivity index is 2.21. The van der Waals surface area contributed by atoms with Crippen LogP contribution in [0.1, 0.15) is 16.1 Å². The minimum Gasteiger partial charge on any atom is -0.397 e. The smallest absolute Gasteiger partial charge is 0.272 e. The lowest BCUT2D eigenvalue weighted by atomic mass is 10.2. The number of aromatic nitrogens is 1. The topological polar surface area (TPSA) is 70.9 Å². The first-order chi connectivity index (χ1) is 8.06. The number of nitrogens with two attached hydrogens (primary N) is 1. The number of aryl methyl sites for hydroxylation is 1. The third-order valence-corrected chi connectivity index (χ3v) is 2.89. The summed E-state index contributed by atoms with van der Waals surface area (Å²) >= 11 is 3.37. The van der Waals surface area contributed by atoms with Crippen LogP contribution in [0, 0.1) is 6.92 Å². The Morgan fingerprint density at radius 2 is 2.18 bits per heavy atom. The lowest BCUT2D eigenvalue weighted by Crippen LogP contribution is -2.13. The van der Waals surface area contributed by atoms with Crippen LogP contribution in [0.3, 0.4) is 0 Å². The highest BCUT2D eigenvalue weighted by atomic mass is 79.9. The SMILES string of the molecule is Cc1ccc(Br)cc1NC(=O)c1cc(N)c[nH]1. The summed E-state index contributed by atoms with van der Waals surface area (Å²) < 4.78 is 0.921. The minimum atomic E-state index is -0.206. The molecule has 5 heteroatoms. The molecular formula is C12H12BrN3O. The summed E-state index contributed by atoms with van der Waals surface area (Å²) in [5, 5.41) is 2.82. The van der Waals surface area contributed by atoms with Gasteiger partial charge in [-0.2, -0.15) is 0 Å². The molecule has 0 bridgehead atoms. The van der Waals surface area contributed by atoms with E-state index in [1.54, 1.807) is 12.3 Å². The van der Waals surface area contributed by atoms with Gasteiger partial charge in [0, 0.05) is 22.0 Å². The summed E-state index contributed by atoms with van der Waals surface area (Å²) in [7, 11) is 0. The highest BCUT2D eigenvalue weighted by molar-refractivity contribution is 9.10. The summed E-state index contributed by atoms with van der Waals surface area (Å²) in [5.74, 6) is -0.206. The van der Waals surface area contributed by atoms with Gasteiger partial charge >= 0.3 is 0 Å². The Kier molecular flexibility index (Phi) is 3.19. The number of halogens is 1. The van der Waals surface area contributed by atoms with Gasteiger partial charge < -0.3 is 16.0 Å². The predicted octanol–water partition coefficient (Wildman–Crippen LogP) is 2.92. The van der Waals surface area contributed by atoms with Gasteiger partial charge in [-0.3, -0.25) is 4.79 Å². The molecule has 2 aromatic rings. The number of amides is 1. The Hall–Kier alpha value is -1.75. The van der Waals surface area contributed by atoms with E-state index in [9.17, 15) is 4.79 Å². The monoisotopic (exact) mass is 293 g/mol. The molecule has 0 unspecified atom stereocenters. The molecule has 1 amide bonds. The number of carbonyl (C=O) groups is 1. The van der Waals surface area contributed by atoms with Crippen molar-refractivity contribution in [2.75, 3.05) is 11.1 Å². The van der Waals surface area contributed by atoms with Crippen molar-refractivity contribution in [1.82, 2.24) is 4.98 Å². The van der Waals surface area contributed by atoms with Crippen LogP contribution < -0.4 is 11.1 Å². The largest absolute Gasteiger partial charge is 0.397 e. The lowest BCUT2D eigenvalue weighted by Gasteiger charge is -2.07. The van der Waals surface area contributed by atoms with E-state index in [1.165, 1.54) is 0 Å². The van der Waals surface area contributed by atoms with Crippen LogP contribution in [-0.4, -0.2) is 10.9 Å². The van der Waals surface area contributed by atoms with Crippen molar-refractivity contribution in [3.05, 3.63) is 46.2 Å². The van der Waals surface area contributed by atoms with E-state index in [0.29, 0.717) is 11.4 Å². The summed E-state index contributed by atoms with van der Waals surface area (Å²) in [6, 6.07) is 7.32. The molecule has 0 fully saturated rings. The second-order valence-corrected chi connectivity index (χ2v) is 4.68. The number of nitrogen functional groups attached to an aromatic ring is 1. The van der Waals surface area contributed by atoms with E-state index in [-0.39, 0.29) is 5.91 Å². The summed E-state index contributed by atoms with van der Waals surface area (Å²) in [6.45, 7) is 1.94. The van der Waals surface area contributed by atoms with Crippen molar-refractivity contribution in [2.45, 2.75) is 6.92 Å². The van der Waals surface area contributed by atoms with Crippen molar-refractivity contribution in [3.8, 4) is 0 Å². The van der Waals surface area contributed by atoms with Gasteiger partial charge in [0.25, 0.3) is 5.91 Å². The molecule has 1 heterocycles. The average molecular weight is 294 g/mol. The van der Waals surface area contributed by atoms with E-state index in [4.69, 9.17) is 5.73 Å². The Labute approximate surface area is 107 Å². The fourth-order valence-corrected chi connectivity index (χ4v) is 1.82. The van der Waals surface area contributed by atoms with E-state index in [1.807, 2.05) is 25.1 Å². The van der Waals surface area contributed by atoms with E-state index in [2.05, 4.69) is 26.2 Å². The number of carbonyl (C=O) groups excluding carboxylic acids is 1. The highest BCUT2D eigenvalue weighted by Crippen LogP contribution is 2.21. The van der Waals surface area contributed by atoms with Gasteiger partial charge in [-0.05, 0) is 30.7 Å². The molecular weight excluding hydrogens is 282 g/mol. The fraction of sp³-hybridized carbons (Fsp3) is 0.0833. The second-order valence-electron chi connectivity index (χ2n) is 3.76. The van der Waals surface area contributed by atoms with Gasteiger partial charge in [0.2, 0.25) is 0 Å². The number of benzene rings is 1. The third kappa shape index (κ3) is 2.68. The minimum absolute atomic E-state index is 0.206. The predicted molar refractivity (Wildman–Crippen MR) is 72.0 cm³/mol. The Morgan fingerprint density at radius 3 is 2.82 bits per heavy atom. The zero-order chi connectivity index (χ0) is 12.4. The van der Waals surface area contributed by atoms with E-state index < -0.39 is 0 Å². The van der Waals surface area contributed by atoms with Crippen LogP contribution in [0.5, 0.6) is 0 Å². The first kappa shape index (κ1) is 11.7. The molecule has 0 spiro atoms. The fourth-order valence-electron chi connectivity index (χ4n) is 1.46. The molecule has 0 saturated carbocycles. The van der Waals surface area contributed by atoms with Crippen molar-refractivity contribution in [1.29, 1.82) is 0 Å². The maximum Gasteiger partial charge on any atom is 0.272 e. The van der Waals surface area contributed by atoms with Gasteiger partial charge in [0.1, 0.15) is 5.69 Å². The number of nitrogens with one attached hydrogen (secondary N) is 2. The molecule has 4 nitrogen and oxygen atoms in total. The van der Waals surface area contributed by atoms with Crippen LogP contribution in [0.2, 0.25) is 0 Å². The summed E-state index contributed by atoms with van der Waals surface area (Å²) in [6.07, 6.45) is 1.59. The summed E-state index contributed by atoms with van der Waals surface area (Å²) in [5.41, 5.74) is 8.31. The van der Waals surface area contributed by atoms with Crippen molar-refractivity contribution < 1.29 is 4.79 Å². The number of H-pyrrole nitrogens is 1.